The molecule has 11 heteroatoms. The highest BCUT2D eigenvalue weighted by molar-refractivity contribution is 6.34. The highest BCUT2D eigenvalue weighted by atomic mass is 35.5. The van der Waals surface area contributed by atoms with E-state index in [4.69, 9.17) is 11.6 Å². The standard InChI is InChI=1S/C31H31ClF3N5O2/c1-17(2)37-27-22-11-10-21(15-25(22)39-26(40-27)19-7-6-8-20(14-19)31(33,34)35)38-28(41)23-13-18(9-12-24(23)32)16-36-29(42)30(3,4)5/h6-15,17H,16H2,1-5H3,(H,36,42)(H,38,41)(H,37,39,40). The third kappa shape index (κ3) is 7.36. The number of carbonyl (C=O) groups excluding carboxylic acids is 2. The van der Waals surface area contributed by atoms with E-state index in [1.54, 1.807) is 36.4 Å². The number of alkyl halides is 3. The Hall–Kier alpha value is -4.18. The molecule has 0 saturated heterocycles. The number of carbonyl (C=O) groups is 2. The van der Waals surface area contributed by atoms with Crippen LogP contribution in [-0.2, 0) is 17.5 Å². The van der Waals surface area contributed by atoms with Crippen LogP contribution >= 0.6 is 11.6 Å². The number of amides is 2. The molecule has 0 fully saturated rings. The van der Waals surface area contributed by atoms with Crippen LogP contribution < -0.4 is 16.0 Å². The maximum absolute atomic E-state index is 13.4. The van der Waals surface area contributed by atoms with E-state index in [9.17, 15) is 22.8 Å². The summed E-state index contributed by atoms with van der Waals surface area (Å²) in [6.07, 6.45) is -4.51. The number of nitrogens with zero attached hydrogens (tertiary/aromatic N) is 2. The fourth-order valence-corrected chi connectivity index (χ4v) is 4.26. The first kappa shape index (κ1) is 30.8. The van der Waals surface area contributed by atoms with Gasteiger partial charge in [0.05, 0.1) is 21.7 Å². The Balaban J connectivity index is 1.66. The third-order valence-electron chi connectivity index (χ3n) is 6.24. The van der Waals surface area contributed by atoms with E-state index in [2.05, 4.69) is 25.9 Å². The minimum absolute atomic E-state index is 0.0144. The van der Waals surface area contributed by atoms with Gasteiger partial charge < -0.3 is 16.0 Å². The molecule has 0 atom stereocenters. The Kier molecular flexibility index (Phi) is 8.77. The van der Waals surface area contributed by atoms with Crippen molar-refractivity contribution >= 4 is 45.8 Å². The minimum Gasteiger partial charge on any atom is -0.367 e. The molecular weight excluding hydrogens is 567 g/mol. The number of fused-ring (bicyclic) bond motifs is 1. The second-order valence-corrected chi connectivity index (χ2v) is 11.6. The highest BCUT2D eigenvalue weighted by Crippen LogP contribution is 2.33. The van der Waals surface area contributed by atoms with Crippen molar-refractivity contribution in [1.29, 1.82) is 0 Å². The van der Waals surface area contributed by atoms with Crippen molar-refractivity contribution in [2.75, 3.05) is 10.6 Å². The quantitative estimate of drug-likeness (QED) is 0.203. The molecule has 42 heavy (non-hydrogen) atoms. The van der Waals surface area contributed by atoms with Gasteiger partial charge in [0.25, 0.3) is 5.91 Å². The van der Waals surface area contributed by atoms with Crippen molar-refractivity contribution < 1.29 is 22.8 Å². The Morgan fingerprint density at radius 2 is 1.69 bits per heavy atom. The molecule has 7 nitrogen and oxygen atoms in total. The largest absolute Gasteiger partial charge is 0.416 e. The summed E-state index contributed by atoms with van der Waals surface area (Å²) in [5, 5.41) is 9.75. The normalized spacial score (nSPS) is 12.0. The van der Waals surface area contributed by atoms with Crippen LogP contribution in [0.15, 0.2) is 60.7 Å². The predicted octanol–water partition coefficient (Wildman–Crippen LogP) is 7.70. The molecule has 0 radical (unpaired) electrons. The van der Waals surface area contributed by atoms with Gasteiger partial charge in [-0.2, -0.15) is 13.2 Å². The number of rotatable bonds is 7. The van der Waals surface area contributed by atoms with Crippen LogP contribution in [-0.4, -0.2) is 27.8 Å². The van der Waals surface area contributed by atoms with Gasteiger partial charge in [0.2, 0.25) is 5.91 Å². The van der Waals surface area contributed by atoms with E-state index in [0.29, 0.717) is 28.0 Å². The maximum Gasteiger partial charge on any atom is 0.416 e. The number of benzene rings is 3. The fraction of sp³-hybridized carbons (Fsp3) is 0.290. The van der Waals surface area contributed by atoms with Crippen molar-refractivity contribution in [1.82, 2.24) is 15.3 Å². The molecular formula is C31H31ClF3N5O2. The van der Waals surface area contributed by atoms with Crippen LogP contribution in [0.25, 0.3) is 22.3 Å². The molecule has 0 aliphatic heterocycles. The summed E-state index contributed by atoms with van der Waals surface area (Å²) < 4.78 is 40.1. The molecule has 3 aromatic carbocycles. The van der Waals surface area contributed by atoms with Gasteiger partial charge in [-0.3, -0.25) is 9.59 Å². The summed E-state index contributed by atoms with van der Waals surface area (Å²) in [7, 11) is 0. The van der Waals surface area contributed by atoms with Crippen LogP contribution in [0.2, 0.25) is 5.02 Å². The Morgan fingerprint density at radius 3 is 2.36 bits per heavy atom. The summed E-state index contributed by atoms with van der Waals surface area (Å²) in [4.78, 5) is 34.5. The number of hydrogen-bond acceptors (Lipinski definition) is 5. The van der Waals surface area contributed by atoms with E-state index in [0.717, 1.165) is 12.1 Å². The monoisotopic (exact) mass is 597 g/mol. The first-order valence-electron chi connectivity index (χ1n) is 13.3. The van der Waals surface area contributed by atoms with Crippen molar-refractivity contribution in [3.8, 4) is 11.4 Å². The third-order valence-corrected chi connectivity index (χ3v) is 6.57. The maximum atomic E-state index is 13.4. The molecule has 4 aromatic rings. The summed E-state index contributed by atoms with van der Waals surface area (Å²) in [6, 6.07) is 14.8. The van der Waals surface area contributed by atoms with Crippen LogP contribution in [0, 0.1) is 5.41 Å². The molecule has 1 heterocycles. The zero-order chi connectivity index (χ0) is 30.8. The average Bonchev–Trinajstić information content (AvgIpc) is 2.90. The van der Waals surface area contributed by atoms with E-state index in [1.165, 1.54) is 12.1 Å². The van der Waals surface area contributed by atoms with Gasteiger partial charge in [0.15, 0.2) is 5.82 Å². The first-order chi connectivity index (χ1) is 19.6. The van der Waals surface area contributed by atoms with Gasteiger partial charge in [0, 0.05) is 34.6 Å². The molecule has 2 amide bonds. The van der Waals surface area contributed by atoms with E-state index < -0.39 is 23.1 Å². The van der Waals surface area contributed by atoms with Crippen molar-refractivity contribution in [3.05, 3.63) is 82.4 Å². The molecule has 1 aromatic heterocycles. The number of nitrogens with one attached hydrogen (secondary N) is 3. The Morgan fingerprint density at radius 1 is 0.952 bits per heavy atom. The lowest BCUT2D eigenvalue weighted by atomic mass is 9.95. The topological polar surface area (TPSA) is 96.0 Å². The number of anilines is 2. The summed E-state index contributed by atoms with van der Waals surface area (Å²) >= 11 is 6.33. The van der Waals surface area contributed by atoms with Gasteiger partial charge in [-0.15, -0.1) is 0 Å². The van der Waals surface area contributed by atoms with Gasteiger partial charge in [-0.05, 0) is 61.9 Å². The summed E-state index contributed by atoms with van der Waals surface area (Å²) in [5.41, 5.74) is 0.576. The molecule has 0 aliphatic carbocycles. The molecule has 4 rings (SSSR count). The first-order valence-corrected chi connectivity index (χ1v) is 13.6. The Labute approximate surface area is 246 Å². The second kappa shape index (κ2) is 12.0. The van der Waals surface area contributed by atoms with E-state index >= 15 is 0 Å². The molecule has 0 bridgehead atoms. The van der Waals surface area contributed by atoms with Gasteiger partial charge in [-0.1, -0.05) is 50.6 Å². The van der Waals surface area contributed by atoms with Gasteiger partial charge in [0.1, 0.15) is 5.82 Å². The smallest absolute Gasteiger partial charge is 0.367 e. The van der Waals surface area contributed by atoms with Crippen LogP contribution in [0.3, 0.4) is 0 Å². The molecule has 3 N–H and O–H groups in total. The number of hydrogen-bond donors (Lipinski definition) is 3. The average molecular weight is 598 g/mol. The summed E-state index contributed by atoms with van der Waals surface area (Å²) in [5.74, 6) is -0.0462. The minimum atomic E-state index is -4.51. The summed E-state index contributed by atoms with van der Waals surface area (Å²) in [6.45, 7) is 9.48. The second-order valence-electron chi connectivity index (χ2n) is 11.2. The molecule has 220 valence electrons. The molecule has 0 aliphatic rings. The van der Waals surface area contributed by atoms with Crippen LogP contribution in [0.5, 0.6) is 0 Å². The SMILES string of the molecule is CC(C)Nc1nc(-c2cccc(C(F)(F)F)c2)nc2cc(NC(=O)c3cc(CNC(=O)C(C)(C)C)ccc3Cl)ccc12. The van der Waals surface area contributed by atoms with Gasteiger partial charge in [-0.25, -0.2) is 9.97 Å². The van der Waals surface area contributed by atoms with Crippen molar-refractivity contribution in [2.24, 2.45) is 5.41 Å². The number of halogens is 4. The van der Waals surface area contributed by atoms with E-state index in [1.807, 2.05) is 34.6 Å². The lowest BCUT2D eigenvalue weighted by molar-refractivity contribution is -0.137. The lowest BCUT2D eigenvalue weighted by Crippen LogP contribution is -2.34. The highest BCUT2D eigenvalue weighted by Gasteiger charge is 2.30. The molecule has 0 saturated carbocycles. The molecule has 0 unspecified atom stereocenters. The van der Waals surface area contributed by atoms with Gasteiger partial charge >= 0.3 is 6.18 Å². The zero-order valence-electron chi connectivity index (χ0n) is 23.8. The number of aromatic nitrogens is 2. The van der Waals surface area contributed by atoms with Crippen molar-refractivity contribution in [2.45, 2.75) is 53.4 Å². The van der Waals surface area contributed by atoms with E-state index in [-0.39, 0.29) is 40.5 Å². The fourth-order valence-electron chi connectivity index (χ4n) is 4.06. The zero-order valence-corrected chi connectivity index (χ0v) is 24.5. The van der Waals surface area contributed by atoms with Crippen LogP contribution in [0.1, 0.15) is 56.1 Å². The Bertz CT molecular complexity index is 1650. The van der Waals surface area contributed by atoms with Crippen molar-refractivity contribution in [3.63, 3.8) is 0 Å². The predicted molar refractivity (Wildman–Crippen MR) is 159 cm³/mol. The lowest BCUT2D eigenvalue weighted by Gasteiger charge is -2.18. The van der Waals surface area contributed by atoms with Crippen LogP contribution in [0.4, 0.5) is 24.7 Å². The molecule has 0 spiro atoms.